The summed E-state index contributed by atoms with van der Waals surface area (Å²) in [4.78, 5) is 34.0. The maximum absolute atomic E-state index is 12.6. The summed E-state index contributed by atoms with van der Waals surface area (Å²) in [6, 6.07) is 9.52. The molecule has 0 aliphatic carbocycles. The van der Waals surface area contributed by atoms with Crippen molar-refractivity contribution >= 4 is 22.7 Å². The van der Waals surface area contributed by atoms with Gasteiger partial charge in [0.2, 0.25) is 11.8 Å². The number of amides is 2. The van der Waals surface area contributed by atoms with Gasteiger partial charge in [0.05, 0.1) is 11.1 Å². The Hall–Kier alpha value is -3.69. The van der Waals surface area contributed by atoms with Gasteiger partial charge in [0.15, 0.2) is 0 Å². The number of carbonyl (C=O) groups is 2. The van der Waals surface area contributed by atoms with Crippen LogP contribution in [0.25, 0.3) is 10.9 Å². The summed E-state index contributed by atoms with van der Waals surface area (Å²) in [6.07, 6.45) is -3.21. The highest BCUT2D eigenvalue weighted by atomic mass is 19.4. The minimum atomic E-state index is -4.47. The van der Waals surface area contributed by atoms with Crippen molar-refractivity contribution in [2.45, 2.75) is 18.6 Å². The number of benzene rings is 1. The van der Waals surface area contributed by atoms with Crippen molar-refractivity contribution in [3.63, 3.8) is 0 Å². The molecular weight excluding hydrogens is 413 g/mol. The molecule has 0 bridgehead atoms. The van der Waals surface area contributed by atoms with E-state index in [0.717, 1.165) is 12.1 Å². The molecule has 3 aromatic rings. The van der Waals surface area contributed by atoms with Crippen molar-refractivity contribution in [3.05, 3.63) is 59.9 Å². The van der Waals surface area contributed by atoms with Crippen LogP contribution in [0.4, 0.5) is 13.2 Å². The number of pyridine rings is 2. The molecular formula is C21H17F3N4O3. The van der Waals surface area contributed by atoms with Crippen LogP contribution in [-0.2, 0) is 11.0 Å². The van der Waals surface area contributed by atoms with E-state index in [0.29, 0.717) is 35.8 Å². The molecule has 0 radical (unpaired) electrons. The van der Waals surface area contributed by atoms with Crippen LogP contribution in [0.15, 0.2) is 48.7 Å². The predicted molar refractivity (Wildman–Crippen MR) is 105 cm³/mol. The summed E-state index contributed by atoms with van der Waals surface area (Å²) in [5, 5.41) is 3.36. The minimum Gasteiger partial charge on any atom is -0.439 e. The van der Waals surface area contributed by atoms with Crippen LogP contribution in [0.2, 0.25) is 0 Å². The highest BCUT2D eigenvalue weighted by Crippen LogP contribution is 2.30. The average molecular weight is 430 g/mol. The zero-order valence-electron chi connectivity index (χ0n) is 16.3. The second kappa shape index (κ2) is 7.86. The van der Waals surface area contributed by atoms with Gasteiger partial charge in [-0.15, -0.1) is 0 Å². The predicted octanol–water partition coefficient (Wildman–Crippen LogP) is 3.40. The first-order valence-corrected chi connectivity index (χ1v) is 9.38. The van der Waals surface area contributed by atoms with Crippen LogP contribution in [-0.4, -0.2) is 46.3 Å². The fourth-order valence-corrected chi connectivity index (χ4v) is 3.21. The Morgan fingerprint density at radius 2 is 2.00 bits per heavy atom. The average Bonchev–Trinajstić information content (AvgIpc) is 3.05. The molecule has 1 unspecified atom stereocenters. The van der Waals surface area contributed by atoms with E-state index in [2.05, 4.69) is 15.3 Å². The number of carbonyl (C=O) groups excluding carboxylic acids is 2. The van der Waals surface area contributed by atoms with Crippen molar-refractivity contribution in [1.82, 2.24) is 20.2 Å². The van der Waals surface area contributed by atoms with E-state index in [-0.39, 0.29) is 17.5 Å². The number of fused-ring (bicyclic) bond motifs is 1. The molecule has 1 aromatic carbocycles. The van der Waals surface area contributed by atoms with Gasteiger partial charge in [0.25, 0.3) is 5.91 Å². The molecule has 7 nitrogen and oxygen atoms in total. The van der Waals surface area contributed by atoms with Gasteiger partial charge in [-0.1, -0.05) is 6.07 Å². The van der Waals surface area contributed by atoms with Gasteiger partial charge in [0, 0.05) is 31.2 Å². The Bertz CT molecular complexity index is 1150. The molecule has 1 saturated heterocycles. The van der Waals surface area contributed by atoms with Crippen LogP contribution in [0, 0.1) is 0 Å². The van der Waals surface area contributed by atoms with Crippen LogP contribution < -0.4 is 10.1 Å². The highest BCUT2D eigenvalue weighted by Gasteiger charge is 2.31. The van der Waals surface area contributed by atoms with Gasteiger partial charge in [-0.3, -0.25) is 9.59 Å². The quantitative estimate of drug-likeness (QED) is 0.686. The number of hydrogen-bond donors (Lipinski definition) is 1. The maximum Gasteiger partial charge on any atom is 0.417 e. The van der Waals surface area contributed by atoms with Gasteiger partial charge in [-0.05, 0) is 36.8 Å². The molecule has 1 atom stereocenters. The number of rotatable bonds is 4. The summed E-state index contributed by atoms with van der Waals surface area (Å²) < 4.78 is 43.4. The largest absolute Gasteiger partial charge is 0.439 e. The number of ether oxygens (including phenoxy) is 1. The third kappa shape index (κ3) is 4.42. The van der Waals surface area contributed by atoms with E-state index in [1.165, 1.54) is 6.07 Å². The lowest BCUT2D eigenvalue weighted by Crippen LogP contribution is -2.40. The molecule has 0 spiro atoms. The Morgan fingerprint density at radius 1 is 1.19 bits per heavy atom. The first kappa shape index (κ1) is 20.6. The van der Waals surface area contributed by atoms with Crippen LogP contribution in [0.3, 0.4) is 0 Å². The standard InChI is InChI=1S/C21H17F3N4O3/c1-28-9-8-17(20(28)30)27-19(29)16-5-2-12-10-14(4-6-15(12)26-16)31-18-7-3-13(11-25-18)21(22,23)24/h2-7,10-11,17H,8-9H2,1H3,(H,27,29). The molecule has 1 fully saturated rings. The van der Waals surface area contributed by atoms with Crippen molar-refractivity contribution in [3.8, 4) is 11.6 Å². The first-order valence-electron chi connectivity index (χ1n) is 9.38. The molecule has 31 heavy (non-hydrogen) atoms. The van der Waals surface area contributed by atoms with Crippen LogP contribution in [0.5, 0.6) is 11.6 Å². The summed E-state index contributed by atoms with van der Waals surface area (Å²) in [6.45, 7) is 0.589. The van der Waals surface area contributed by atoms with Crippen molar-refractivity contribution < 1.29 is 27.5 Å². The van der Waals surface area contributed by atoms with Crippen molar-refractivity contribution in [2.75, 3.05) is 13.6 Å². The highest BCUT2D eigenvalue weighted by molar-refractivity contribution is 5.98. The number of hydrogen-bond acceptors (Lipinski definition) is 5. The second-order valence-corrected chi connectivity index (χ2v) is 7.11. The molecule has 2 aromatic heterocycles. The molecule has 3 heterocycles. The molecule has 10 heteroatoms. The summed E-state index contributed by atoms with van der Waals surface area (Å²) in [7, 11) is 1.68. The van der Waals surface area contributed by atoms with E-state index in [9.17, 15) is 22.8 Å². The molecule has 0 saturated carbocycles. The van der Waals surface area contributed by atoms with Crippen LogP contribution in [0.1, 0.15) is 22.5 Å². The molecule has 4 rings (SSSR count). The Morgan fingerprint density at radius 3 is 2.65 bits per heavy atom. The number of nitrogens with one attached hydrogen (secondary N) is 1. The van der Waals surface area contributed by atoms with Gasteiger partial charge < -0.3 is 15.0 Å². The fraction of sp³-hybridized carbons (Fsp3) is 0.238. The summed E-state index contributed by atoms with van der Waals surface area (Å²) >= 11 is 0. The Labute approximate surface area is 174 Å². The van der Waals surface area contributed by atoms with Crippen molar-refractivity contribution in [1.29, 1.82) is 0 Å². The normalized spacial score (nSPS) is 16.6. The van der Waals surface area contributed by atoms with Gasteiger partial charge in [-0.25, -0.2) is 9.97 Å². The molecule has 160 valence electrons. The smallest absolute Gasteiger partial charge is 0.417 e. The topological polar surface area (TPSA) is 84.4 Å². The lowest BCUT2D eigenvalue weighted by molar-refractivity contribution is -0.137. The first-order chi connectivity index (χ1) is 14.7. The summed E-state index contributed by atoms with van der Waals surface area (Å²) in [5.74, 6) is -0.196. The van der Waals surface area contributed by atoms with E-state index >= 15 is 0 Å². The molecule has 1 aliphatic heterocycles. The zero-order valence-corrected chi connectivity index (χ0v) is 16.3. The van der Waals surface area contributed by atoms with E-state index < -0.39 is 23.7 Å². The SMILES string of the molecule is CN1CCC(NC(=O)c2ccc3cc(Oc4ccc(C(F)(F)F)cn4)ccc3n2)C1=O. The monoisotopic (exact) mass is 430 g/mol. The van der Waals surface area contributed by atoms with E-state index in [4.69, 9.17) is 4.74 Å². The number of alkyl halides is 3. The fourth-order valence-electron chi connectivity index (χ4n) is 3.21. The molecule has 1 aliphatic rings. The zero-order chi connectivity index (χ0) is 22.2. The molecule has 1 N–H and O–H groups in total. The third-order valence-corrected chi connectivity index (χ3v) is 4.91. The van der Waals surface area contributed by atoms with Gasteiger partial charge in [0.1, 0.15) is 17.5 Å². The number of likely N-dealkylation sites (tertiary alicyclic amines) is 1. The number of likely N-dealkylation sites (N-methyl/N-ethyl adjacent to an activating group) is 1. The Balaban J connectivity index is 1.48. The Kier molecular flexibility index (Phi) is 5.22. The van der Waals surface area contributed by atoms with Crippen LogP contribution >= 0.6 is 0 Å². The lowest BCUT2D eigenvalue weighted by Gasteiger charge is -2.12. The number of nitrogens with zero attached hydrogens (tertiary/aromatic N) is 3. The van der Waals surface area contributed by atoms with E-state index in [1.807, 2.05) is 0 Å². The van der Waals surface area contributed by atoms with Crippen molar-refractivity contribution in [2.24, 2.45) is 0 Å². The minimum absolute atomic E-state index is 0.0162. The molecule has 2 amide bonds. The lowest BCUT2D eigenvalue weighted by atomic mass is 10.2. The number of aromatic nitrogens is 2. The van der Waals surface area contributed by atoms with Gasteiger partial charge in [-0.2, -0.15) is 13.2 Å². The second-order valence-electron chi connectivity index (χ2n) is 7.11. The van der Waals surface area contributed by atoms with E-state index in [1.54, 1.807) is 36.2 Å². The number of halogens is 3. The third-order valence-electron chi connectivity index (χ3n) is 4.91. The van der Waals surface area contributed by atoms with Gasteiger partial charge >= 0.3 is 6.18 Å². The maximum atomic E-state index is 12.6. The summed E-state index contributed by atoms with van der Waals surface area (Å²) in [5.41, 5.74) is -0.164.